The summed E-state index contributed by atoms with van der Waals surface area (Å²) in [6, 6.07) is 1.58. The molecule has 2 aromatic rings. The largest absolute Gasteiger partial charge is 0.466 e. The fourth-order valence-corrected chi connectivity index (χ4v) is 3.85. The number of thiazole rings is 1. The van der Waals surface area contributed by atoms with Gasteiger partial charge in [0.2, 0.25) is 0 Å². The van der Waals surface area contributed by atoms with Crippen molar-refractivity contribution in [2.45, 2.75) is 46.7 Å². The molecule has 1 aliphatic heterocycles. The number of nitrogens with zero attached hydrogens (tertiary/aromatic N) is 2. The molecule has 3 rings (SSSR count). The third kappa shape index (κ3) is 3.84. The molecule has 0 aromatic carbocycles. The Morgan fingerprint density at radius 3 is 2.76 bits per heavy atom. The first-order chi connectivity index (χ1) is 11.8. The Hall–Kier alpha value is -2.35. The summed E-state index contributed by atoms with van der Waals surface area (Å²) in [4.78, 5) is 31.8. The average Bonchev–Trinajstić information content (AvgIpc) is 3.06. The zero-order chi connectivity index (χ0) is 18.1. The van der Waals surface area contributed by atoms with Gasteiger partial charge in [-0.3, -0.25) is 10.1 Å². The zero-order valence-electron chi connectivity index (χ0n) is 14.8. The second-order valence-corrected chi connectivity index (χ2v) is 7.53. The highest BCUT2D eigenvalue weighted by Gasteiger charge is 2.27. The molecule has 0 radical (unpaired) electrons. The lowest BCUT2D eigenvalue weighted by atomic mass is 10.1. The van der Waals surface area contributed by atoms with Gasteiger partial charge in [-0.1, -0.05) is 11.3 Å². The number of rotatable bonds is 3. The van der Waals surface area contributed by atoms with Gasteiger partial charge in [0, 0.05) is 23.9 Å². The van der Waals surface area contributed by atoms with Crippen LogP contribution in [0.25, 0.3) is 0 Å². The monoisotopic (exact) mass is 362 g/mol. The average molecular weight is 362 g/mol. The minimum absolute atomic E-state index is 0.0274. The molecular formula is C17H22N4O3S. The number of carbonyl (C=O) groups is 2. The second-order valence-electron chi connectivity index (χ2n) is 6.45. The van der Waals surface area contributed by atoms with Gasteiger partial charge in [-0.25, -0.2) is 9.78 Å². The highest BCUT2D eigenvalue weighted by molar-refractivity contribution is 7.15. The summed E-state index contributed by atoms with van der Waals surface area (Å²) in [6.45, 7) is 8.55. The molecule has 134 valence electrons. The third-order valence-electron chi connectivity index (χ3n) is 3.93. The molecule has 8 heteroatoms. The highest BCUT2D eigenvalue weighted by Crippen LogP contribution is 2.29. The normalized spacial score (nSPS) is 13.7. The van der Waals surface area contributed by atoms with Crippen molar-refractivity contribution in [2.75, 3.05) is 11.9 Å². The van der Waals surface area contributed by atoms with Gasteiger partial charge in [-0.15, -0.1) is 0 Å². The van der Waals surface area contributed by atoms with Gasteiger partial charge in [0.15, 0.2) is 5.13 Å². The molecule has 3 amide bonds. The van der Waals surface area contributed by atoms with Crippen molar-refractivity contribution < 1.29 is 14.0 Å². The third-order valence-corrected chi connectivity index (χ3v) is 4.93. The quantitative estimate of drug-likeness (QED) is 0.878. The molecule has 0 aliphatic carbocycles. The maximum absolute atomic E-state index is 12.7. The van der Waals surface area contributed by atoms with Crippen LogP contribution in [0, 0.1) is 13.8 Å². The number of carbonyl (C=O) groups excluding carboxylic acids is 2. The first kappa shape index (κ1) is 17.5. The number of urea groups is 1. The van der Waals surface area contributed by atoms with Gasteiger partial charge >= 0.3 is 6.03 Å². The summed E-state index contributed by atoms with van der Waals surface area (Å²) in [5.41, 5.74) is 1.56. The van der Waals surface area contributed by atoms with Crippen LogP contribution in [0.3, 0.4) is 0 Å². The van der Waals surface area contributed by atoms with E-state index >= 15 is 0 Å². The van der Waals surface area contributed by atoms with Crippen LogP contribution >= 0.6 is 11.3 Å². The maximum atomic E-state index is 12.7. The molecule has 0 unspecified atom stereocenters. The smallest absolute Gasteiger partial charge is 0.321 e. The predicted octanol–water partition coefficient (Wildman–Crippen LogP) is 3.08. The molecule has 0 saturated carbocycles. The van der Waals surface area contributed by atoms with Crippen molar-refractivity contribution in [3.63, 3.8) is 0 Å². The standard InChI is InChI=1S/C17H22N4O3S/c1-9(2)18-16(23)20-17-19-13-5-6-21(8-14(13)25-17)15(22)12-7-10(3)24-11(12)4/h7,9H,5-6,8H2,1-4H3,(H2,18,19,20,23). The summed E-state index contributed by atoms with van der Waals surface area (Å²) in [5.74, 6) is 1.35. The van der Waals surface area contributed by atoms with E-state index in [9.17, 15) is 9.59 Å². The van der Waals surface area contributed by atoms with E-state index in [0.29, 0.717) is 36.0 Å². The van der Waals surface area contributed by atoms with Crippen molar-refractivity contribution >= 4 is 28.4 Å². The number of furan rings is 1. The van der Waals surface area contributed by atoms with Crippen molar-refractivity contribution in [2.24, 2.45) is 0 Å². The first-order valence-electron chi connectivity index (χ1n) is 8.26. The molecule has 3 heterocycles. The van der Waals surface area contributed by atoms with Crippen molar-refractivity contribution in [1.82, 2.24) is 15.2 Å². The molecule has 0 atom stereocenters. The van der Waals surface area contributed by atoms with E-state index in [2.05, 4.69) is 15.6 Å². The van der Waals surface area contributed by atoms with E-state index in [1.165, 1.54) is 11.3 Å². The number of aromatic nitrogens is 1. The van der Waals surface area contributed by atoms with Crippen LogP contribution < -0.4 is 10.6 Å². The summed E-state index contributed by atoms with van der Waals surface area (Å²) < 4.78 is 5.46. The number of hydrogen-bond acceptors (Lipinski definition) is 5. The van der Waals surface area contributed by atoms with Crippen molar-refractivity contribution in [3.8, 4) is 0 Å². The minimum atomic E-state index is -0.265. The lowest BCUT2D eigenvalue weighted by molar-refractivity contribution is 0.0734. The Bertz CT molecular complexity index is 809. The van der Waals surface area contributed by atoms with E-state index in [4.69, 9.17) is 4.42 Å². The summed E-state index contributed by atoms with van der Waals surface area (Å²) in [5, 5.41) is 6.09. The summed E-state index contributed by atoms with van der Waals surface area (Å²) >= 11 is 1.42. The summed E-state index contributed by atoms with van der Waals surface area (Å²) in [6.07, 6.45) is 0.681. The van der Waals surface area contributed by atoms with Gasteiger partial charge in [-0.05, 0) is 33.8 Å². The number of hydrogen-bond donors (Lipinski definition) is 2. The van der Waals surface area contributed by atoms with Crippen LogP contribution in [0.4, 0.5) is 9.93 Å². The van der Waals surface area contributed by atoms with Gasteiger partial charge in [-0.2, -0.15) is 0 Å². The van der Waals surface area contributed by atoms with Crippen LogP contribution in [0.5, 0.6) is 0 Å². The van der Waals surface area contributed by atoms with Crippen LogP contribution in [0.1, 0.15) is 46.3 Å². The zero-order valence-corrected chi connectivity index (χ0v) is 15.6. The molecule has 0 saturated heterocycles. The number of nitrogens with one attached hydrogen (secondary N) is 2. The number of aryl methyl sites for hydroxylation is 2. The van der Waals surface area contributed by atoms with Crippen molar-refractivity contribution in [3.05, 3.63) is 33.7 Å². The van der Waals surface area contributed by atoms with Crippen LogP contribution in [0.15, 0.2) is 10.5 Å². The topological polar surface area (TPSA) is 87.5 Å². The van der Waals surface area contributed by atoms with Gasteiger partial charge < -0.3 is 14.6 Å². The number of amides is 3. The molecule has 2 N–H and O–H groups in total. The van der Waals surface area contributed by atoms with Crippen LogP contribution in [-0.2, 0) is 13.0 Å². The Labute approximate surface area is 150 Å². The second kappa shape index (κ2) is 6.87. The van der Waals surface area contributed by atoms with Gasteiger partial charge in [0.05, 0.1) is 17.8 Å². The fourth-order valence-electron chi connectivity index (χ4n) is 2.83. The lowest BCUT2D eigenvalue weighted by Gasteiger charge is -2.25. The maximum Gasteiger partial charge on any atom is 0.321 e. The SMILES string of the molecule is Cc1cc(C(=O)N2CCc3nc(NC(=O)NC(C)C)sc3C2)c(C)o1. The molecule has 2 aromatic heterocycles. The molecule has 25 heavy (non-hydrogen) atoms. The molecular weight excluding hydrogens is 340 g/mol. The van der Waals surface area contributed by atoms with Crippen molar-refractivity contribution in [1.29, 1.82) is 0 Å². The Morgan fingerprint density at radius 2 is 2.12 bits per heavy atom. The Kier molecular flexibility index (Phi) is 4.80. The van der Waals surface area contributed by atoms with Crippen LogP contribution in [0.2, 0.25) is 0 Å². The summed E-state index contributed by atoms with van der Waals surface area (Å²) in [7, 11) is 0. The molecule has 1 aliphatic rings. The predicted molar refractivity (Wildman–Crippen MR) is 96.0 cm³/mol. The Morgan fingerprint density at radius 1 is 1.36 bits per heavy atom. The number of fused-ring (bicyclic) bond motifs is 1. The van der Waals surface area contributed by atoms with E-state index in [1.54, 1.807) is 17.9 Å². The number of anilines is 1. The Balaban J connectivity index is 1.70. The molecule has 0 bridgehead atoms. The molecule has 0 fully saturated rings. The van der Waals surface area contributed by atoms with Crippen LogP contribution in [-0.4, -0.2) is 34.4 Å². The van der Waals surface area contributed by atoms with E-state index in [-0.39, 0.29) is 18.0 Å². The van der Waals surface area contributed by atoms with E-state index in [1.807, 2.05) is 20.8 Å². The minimum Gasteiger partial charge on any atom is -0.466 e. The molecule has 0 spiro atoms. The fraction of sp³-hybridized carbons (Fsp3) is 0.471. The lowest BCUT2D eigenvalue weighted by Crippen LogP contribution is -2.35. The van der Waals surface area contributed by atoms with E-state index < -0.39 is 0 Å². The first-order valence-corrected chi connectivity index (χ1v) is 9.07. The molecule has 7 nitrogen and oxygen atoms in total. The highest BCUT2D eigenvalue weighted by atomic mass is 32.1. The van der Waals surface area contributed by atoms with E-state index in [0.717, 1.165) is 16.3 Å². The van der Waals surface area contributed by atoms with Gasteiger partial charge in [0.1, 0.15) is 11.5 Å². The van der Waals surface area contributed by atoms with Gasteiger partial charge in [0.25, 0.3) is 5.91 Å².